The van der Waals surface area contributed by atoms with Crippen molar-refractivity contribution in [2.45, 2.75) is 32.2 Å². The van der Waals surface area contributed by atoms with E-state index in [4.69, 9.17) is 0 Å². The lowest BCUT2D eigenvalue weighted by atomic mass is 9.97. The Morgan fingerprint density at radius 1 is 0.917 bits per heavy atom. The van der Waals surface area contributed by atoms with Crippen LogP contribution >= 0.6 is 0 Å². The maximum Gasteiger partial charge on any atom is 0.0892 e. The molecule has 1 aromatic heterocycles. The molecule has 0 radical (unpaired) electrons. The monoisotopic (exact) mass is 317 g/mol. The highest BCUT2D eigenvalue weighted by molar-refractivity contribution is 5.81. The highest BCUT2D eigenvalue weighted by Gasteiger charge is 2.22. The van der Waals surface area contributed by atoms with Crippen LogP contribution in [-0.4, -0.2) is 28.0 Å². The van der Waals surface area contributed by atoms with Crippen molar-refractivity contribution in [2.24, 2.45) is 0 Å². The van der Waals surface area contributed by atoms with Gasteiger partial charge >= 0.3 is 0 Å². The second-order valence-electron chi connectivity index (χ2n) is 6.55. The summed E-state index contributed by atoms with van der Waals surface area (Å²) < 4.78 is 0. The topological polar surface area (TPSA) is 29.0 Å². The zero-order chi connectivity index (χ0) is 16.4. The van der Waals surface area contributed by atoms with E-state index in [-0.39, 0.29) is 0 Å². The van der Waals surface area contributed by atoms with Crippen LogP contribution in [-0.2, 0) is 0 Å². The van der Waals surface area contributed by atoms with Crippen LogP contribution in [0.15, 0.2) is 54.9 Å². The molecular weight excluding hydrogens is 294 g/mol. The summed E-state index contributed by atoms with van der Waals surface area (Å²) in [5.41, 5.74) is 5.79. The third-order valence-electron chi connectivity index (χ3n) is 5.04. The van der Waals surface area contributed by atoms with Crippen molar-refractivity contribution in [3.63, 3.8) is 0 Å². The fraction of sp³-hybridized carbons (Fsp3) is 0.333. The Morgan fingerprint density at radius 2 is 1.67 bits per heavy atom. The summed E-state index contributed by atoms with van der Waals surface area (Å²) >= 11 is 0. The first kappa shape index (κ1) is 15.3. The van der Waals surface area contributed by atoms with E-state index in [1.807, 2.05) is 0 Å². The van der Waals surface area contributed by atoms with E-state index < -0.39 is 0 Å². The summed E-state index contributed by atoms with van der Waals surface area (Å²) in [7, 11) is 0. The van der Waals surface area contributed by atoms with Crippen molar-refractivity contribution < 1.29 is 0 Å². The first-order chi connectivity index (χ1) is 11.8. The number of fused-ring (bicyclic) bond motifs is 1. The SMILES string of the molecule is CCC(c1cccc(-c2ccc3nccnc3c2)c1)N1CCCC1. The van der Waals surface area contributed by atoms with Crippen LogP contribution in [0.5, 0.6) is 0 Å². The van der Waals surface area contributed by atoms with Gasteiger partial charge in [-0.1, -0.05) is 31.2 Å². The van der Waals surface area contributed by atoms with Gasteiger partial charge in [0.2, 0.25) is 0 Å². The van der Waals surface area contributed by atoms with E-state index >= 15 is 0 Å². The third-order valence-corrected chi connectivity index (χ3v) is 5.04. The second kappa shape index (κ2) is 6.70. The number of nitrogens with zero attached hydrogens (tertiary/aromatic N) is 3. The van der Waals surface area contributed by atoms with Gasteiger partial charge < -0.3 is 0 Å². The molecule has 122 valence electrons. The second-order valence-corrected chi connectivity index (χ2v) is 6.55. The Morgan fingerprint density at radius 3 is 2.46 bits per heavy atom. The number of rotatable bonds is 4. The average Bonchev–Trinajstić information content (AvgIpc) is 3.16. The van der Waals surface area contributed by atoms with Gasteiger partial charge in [-0.25, -0.2) is 0 Å². The summed E-state index contributed by atoms with van der Waals surface area (Å²) in [6.45, 7) is 4.75. The fourth-order valence-electron chi connectivity index (χ4n) is 3.83. The Labute approximate surface area is 143 Å². The van der Waals surface area contributed by atoms with Crippen LogP contribution in [0.3, 0.4) is 0 Å². The summed E-state index contributed by atoms with van der Waals surface area (Å²) in [4.78, 5) is 11.4. The molecule has 1 aliphatic rings. The Bertz CT molecular complexity index is 837. The normalized spacial score (nSPS) is 16.5. The standard InChI is InChI=1S/C21H23N3/c1-2-21(24-12-3-4-13-24)18-7-5-6-16(14-18)17-8-9-19-20(15-17)23-11-10-22-19/h5-11,14-15,21H,2-4,12-13H2,1H3. The van der Waals surface area contributed by atoms with Crippen molar-refractivity contribution in [1.29, 1.82) is 0 Å². The minimum absolute atomic E-state index is 0.535. The number of hydrogen-bond donors (Lipinski definition) is 0. The fourth-order valence-corrected chi connectivity index (χ4v) is 3.83. The van der Waals surface area contributed by atoms with Crippen LogP contribution in [0.2, 0.25) is 0 Å². The lowest BCUT2D eigenvalue weighted by molar-refractivity contribution is 0.239. The number of likely N-dealkylation sites (tertiary alicyclic amines) is 1. The summed E-state index contributed by atoms with van der Waals surface area (Å²) in [6.07, 6.45) is 7.32. The lowest BCUT2D eigenvalue weighted by Crippen LogP contribution is -2.25. The van der Waals surface area contributed by atoms with E-state index in [1.54, 1.807) is 12.4 Å². The zero-order valence-corrected chi connectivity index (χ0v) is 14.2. The van der Waals surface area contributed by atoms with Gasteiger partial charge in [-0.15, -0.1) is 0 Å². The Hall–Kier alpha value is -2.26. The number of hydrogen-bond acceptors (Lipinski definition) is 3. The quantitative estimate of drug-likeness (QED) is 0.689. The Kier molecular flexibility index (Phi) is 4.26. The average molecular weight is 317 g/mol. The van der Waals surface area contributed by atoms with Crippen LogP contribution in [0, 0.1) is 0 Å². The molecule has 0 saturated carbocycles. The predicted molar refractivity (Wildman–Crippen MR) is 98.8 cm³/mol. The number of benzene rings is 2. The van der Waals surface area contributed by atoms with Gasteiger partial charge in [0.05, 0.1) is 11.0 Å². The summed E-state index contributed by atoms with van der Waals surface area (Å²) in [6, 6.07) is 15.9. The van der Waals surface area contributed by atoms with E-state index in [2.05, 4.69) is 64.3 Å². The molecule has 1 atom stereocenters. The van der Waals surface area contributed by atoms with E-state index in [0.29, 0.717) is 6.04 Å². The molecule has 2 heterocycles. The Balaban J connectivity index is 1.70. The molecule has 2 aromatic carbocycles. The van der Waals surface area contributed by atoms with Crippen LogP contribution in [0.25, 0.3) is 22.2 Å². The van der Waals surface area contributed by atoms with Gasteiger partial charge in [-0.3, -0.25) is 14.9 Å². The van der Waals surface area contributed by atoms with E-state index in [0.717, 1.165) is 17.5 Å². The molecule has 1 fully saturated rings. The van der Waals surface area contributed by atoms with Crippen molar-refractivity contribution in [2.75, 3.05) is 13.1 Å². The molecule has 3 heteroatoms. The van der Waals surface area contributed by atoms with Crippen LogP contribution in [0.1, 0.15) is 37.8 Å². The van der Waals surface area contributed by atoms with E-state index in [1.165, 1.54) is 42.6 Å². The summed E-state index contributed by atoms with van der Waals surface area (Å²) in [5.74, 6) is 0. The predicted octanol–water partition coefficient (Wildman–Crippen LogP) is 4.84. The van der Waals surface area contributed by atoms with Crippen LogP contribution in [0.4, 0.5) is 0 Å². The molecule has 3 nitrogen and oxygen atoms in total. The van der Waals surface area contributed by atoms with Gasteiger partial charge in [0.15, 0.2) is 0 Å². The maximum absolute atomic E-state index is 4.43. The van der Waals surface area contributed by atoms with Crippen molar-refractivity contribution in [3.05, 3.63) is 60.4 Å². The van der Waals surface area contributed by atoms with Gasteiger partial charge in [0.1, 0.15) is 0 Å². The summed E-state index contributed by atoms with van der Waals surface area (Å²) in [5, 5.41) is 0. The molecule has 24 heavy (non-hydrogen) atoms. The first-order valence-corrected chi connectivity index (χ1v) is 8.90. The lowest BCUT2D eigenvalue weighted by Gasteiger charge is -2.27. The van der Waals surface area contributed by atoms with Gasteiger partial charge in [0, 0.05) is 18.4 Å². The molecule has 0 bridgehead atoms. The molecule has 0 aliphatic carbocycles. The maximum atomic E-state index is 4.43. The van der Waals surface area contributed by atoms with Crippen LogP contribution < -0.4 is 0 Å². The highest BCUT2D eigenvalue weighted by Crippen LogP contribution is 2.31. The number of aromatic nitrogens is 2. The largest absolute Gasteiger partial charge is 0.296 e. The molecule has 0 amide bonds. The molecule has 0 N–H and O–H groups in total. The molecule has 0 spiro atoms. The molecule has 1 saturated heterocycles. The molecular formula is C21H23N3. The highest BCUT2D eigenvalue weighted by atomic mass is 15.2. The third kappa shape index (κ3) is 2.92. The minimum atomic E-state index is 0.535. The van der Waals surface area contributed by atoms with E-state index in [9.17, 15) is 0 Å². The van der Waals surface area contributed by atoms with Gasteiger partial charge in [0.25, 0.3) is 0 Å². The van der Waals surface area contributed by atoms with Crippen molar-refractivity contribution in [1.82, 2.24) is 14.9 Å². The first-order valence-electron chi connectivity index (χ1n) is 8.90. The molecule has 1 aliphatic heterocycles. The molecule has 4 rings (SSSR count). The minimum Gasteiger partial charge on any atom is -0.296 e. The molecule has 1 unspecified atom stereocenters. The van der Waals surface area contributed by atoms with Gasteiger partial charge in [-0.05, 0) is 67.2 Å². The van der Waals surface area contributed by atoms with Crippen molar-refractivity contribution in [3.8, 4) is 11.1 Å². The smallest absolute Gasteiger partial charge is 0.0892 e. The molecule has 3 aromatic rings. The zero-order valence-electron chi connectivity index (χ0n) is 14.2. The van der Waals surface area contributed by atoms with Gasteiger partial charge in [-0.2, -0.15) is 0 Å². The van der Waals surface area contributed by atoms with Crippen molar-refractivity contribution >= 4 is 11.0 Å².